The second kappa shape index (κ2) is 6.55. The van der Waals surface area contributed by atoms with Gasteiger partial charge in [0, 0.05) is 20.6 Å². The average Bonchev–Trinajstić information content (AvgIpc) is 2.88. The highest BCUT2D eigenvalue weighted by Crippen LogP contribution is 2.30. The van der Waals surface area contributed by atoms with Crippen molar-refractivity contribution < 1.29 is 9.84 Å². The molecule has 0 spiro atoms. The zero-order valence-electron chi connectivity index (χ0n) is 11.0. The van der Waals surface area contributed by atoms with E-state index in [0.29, 0.717) is 6.42 Å². The standard InChI is InChI=1S/C15H17BrO2S/c1-3-12-5-7-15(19-12)13(17)9-10-8-11(16)4-6-14(10)18-2/h4-8,13,17H,3,9H2,1-2H3. The van der Waals surface area contributed by atoms with Gasteiger partial charge in [-0.2, -0.15) is 0 Å². The molecule has 1 unspecified atom stereocenters. The van der Waals surface area contributed by atoms with Crippen LogP contribution < -0.4 is 4.74 Å². The van der Waals surface area contributed by atoms with E-state index in [2.05, 4.69) is 28.9 Å². The topological polar surface area (TPSA) is 29.5 Å². The van der Waals surface area contributed by atoms with Crippen LogP contribution in [0.25, 0.3) is 0 Å². The first-order chi connectivity index (χ1) is 9.13. The summed E-state index contributed by atoms with van der Waals surface area (Å²) in [6.45, 7) is 2.12. The third kappa shape index (κ3) is 3.59. The fraction of sp³-hybridized carbons (Fsp3) is 0.333. The Labute approximate surface area is 126 Å². The maximum atomic E-state index is 10.3. The number of hydrogen-bond donors (Lipinski definition) is 1. The van der Waals surface area contributed by atoms with Gasteiger partial charge >= 0.3 is 0 Å². The molecule has 1 heterocycles. The number of rotatable bonds is 5. The smallest absolute Gasteiger partial charge is 0.122 e. The van der Waals surface area contributed by atoms with E-state index >= 15 is 0 Å². The van der Waals surface area contributed by atoms with Gasteiger partial charge in [0.25, 0.3) is 0 Å². The molecule has 0 fully saturated rings. The van der Waals surface area contributed by atoms with Crippen molar-refractivity contribution in [3.63, 3.8) is 0 Å². The Kier molecular flexibility index (Phi) is 5.02. The first-order valence-corrected chi connectivity index (χ1v) is 7.84. The SMILES string of the molecule is CCc1ccc(C(O)Cc2cc(Br)ccc2OC)s1. The summed E-state index contributed by atoms with van der Waals surface area (Å²) in [7, 11) is 1.65. The molecule has 0 radical (unpaired) electrons. The predicted octanol–water partition coefficient (Wildman–Crippen LogP) is 4.36. The lowest BCUT2D eigenvalue weighted by molar-refractivity contribution is 0.181. The highest BCUT2D eigenvalue weighted by Gasteiger charge is 2.14. The molecule has 2 nitrogen and oxygen atoms in total. The van der Waals surface area contributed by atoms with Gasteiger partial charge in [-0.1, -0.05) is 22.9 Å². The van der Waals surface area contributed by atoms with Crippen molar-refractivity contribution >= 4 is 27.3 Å². The van der Waals surface area contributed by atoms with Gasteiger partial charge in [0.2, 0.25) is 0 Å². The third-order valence-electron chi connectivity index (χ3n) is 3.02. The second-order valence-corrected chi connectivity index (χ2v) is 6.45. The monoisotopic (exact) mass is 340 g/mol. The van der Waals surface area contributed by atoms with Crippen LogP contribution in [0.2, 0.25) is 0 Å². The number of aryl methyl sites for hydroxylation is 1. The molecule has 0 saturated heterocycles. The number of thiophene rings is 1. The quantitative estimate of drug-likeness (QED) is 0.876. The molecule has 0 aliphatic rings. The van der Waals surface area contributed by atoms with Gasteiger partial charge in [-0.25, -0.2) is 0 Å². The largest absolute Gasteiger partial charge is 0.496 e. The molecule has 2 rings (SSSR count). The van der Waals surface area contributed by atoms with Crippen LogP contribution in [0.5, 0.6) is 5.75 Å². The van der Waals surface area contributed by atoms with E-state index < -0.39 is 6.10 Å². The Balaban J connectivity index is 2.18. The molecular formula is C15H17BrO2S. The Bertz CT molecular complexity index is 551. The number of ether oxygens (including phenoxy) is 1. The minimum atomic E-state index is -0.478. The number of hydrogen-bond acceptors (Lipinski definition) is 3. The number of halogens is 1. The Hall–Kier alpha value is -0.840. The van der Waals surface area contributed by atoms with Crippen LogP contribution in [0.3, 0.4) is 0 Å². The highest BCUT2D eigenvalue weighted by molar-refractivity contribution is 9.10. The zero-order chi connectivity index (χ0) is 13.8. The van der Waals surface area contributed by atoms with Crippen LogP contribution >= 0.6 is 27.3 Å². The van der Waals surface area contributed by atoms with Crippen LogP contribution in [-0.4, -0.2) is 12.2 Å². The van der Waals surface area contributed by atoms with E-state index in [1.807, 2.05) is 24.3 Å². The van der Waals surface area contributed by atoms with E-state index in [4.69, 9.17) is 4.74 Å². The van der Waals surface area contributed by atoms with Crippen molar-refractivity contribution in [2.45, 2.75) is 25.9 Å². The van der Waals surface area contributed by atoms with Crippen LogP contribution in [-0.2, 0) is 12.8 Å². The van der Waals surface area contributed by atoms with Gasteiger partial charge in [0.05, 0.1) is 13.2 Å². The summed E-state index contributed by atoms with van der Waals surface area (Å²) in [6, 6.07) is 9.95. The first-order valence-electron chi connectivity index (χ1n) is 6.23. The maximum absolute atomic E-state index is 10.3. The Morgan fingerprint density at radius 2 is 2.11 bits per heavy atom. The Morgan fingerprint density at radius 3 is 2.74 bits per heavy atom. The van der Waals surface area contributed by atoms with Gasteiger partial charge in [-0.3, -0.25) is 0 Å². The summed E-state index contributed by atoms with van der Waals surface area (Å²) in [6.07, 6.45) is 1.10. The molecule has 0 aliphatic heterocycles. The lowest BCUT2D eigenvalue weighted by Gasteiger charge is -2.12. The molecule has 1 atom stereocenters. The molecule has 1 aromatic heterocycles. The molecular weight excluding hydrogens is 324 g/mol. The summed E-state index contributed by atoms with van der Waals surface area (Å²) >= 11 is 5.13. The highest BCUT2D eigenvalue weighted by atomic mass is 79.9. The molecule has 0 saturated carbocycles. The van der Waals surface area contributed by atoms with E-state index in [9.17, 15) is 5.11 Å². The molecule has 0 bridgehead atoms. The summed E-state index contributed by atoms with van der Waals surface area (Å²) in [5, 5.41) is 10.3. The first kappa shape index (κ1) is 14.6. The van der Waals surface area contributed by atoms with Gasteiger partial charge in [-0.15, -0.1) is 11.3 Å². The van der Waals surface area contributed by atoms with E-state index in [1.165, 1.54) is 4.88 Å². The third-order valence-corrected chi connectivity index (χ3v) is 4.84. The van der Waals surface area contributed by atoms with Crippen molar-refractivity contribution in [2.24, 2.45) is 0 Å². The molecule has 1 N–H and O–H groups in total. The van der Waals surface area contributed by atoms with Crippen molar-refractivity contribution in [1.29, 1.82) is 0 Å². The van der Waals surface area contributed by atoms with Crippen LogP contribution in [0.15, 0.2) is 34.8 Å². The molecule has 19 heavy (non-hydrogen) atoms. The molecule has 0 amide bonds. The fourth-order valence-corrected chi connectivity index (χ4v) is 3.33. The Morgan fingerprint density at radius 1 is 1.32 bits per heavy atom. The van der Waals surface area contributed by atoms with Crippen LogP contribution in [0.4, 0.5) is 0 Å². The van der Waals surface area contributed by atoms with Gasteiger partial charge in [0.15, 0.2) is 0 Å². The zero-order valence-corrected chi connectivity index (χ0v) is 13.4. The normalized spacial score (nSPS) is 12.4. The van der Waals surface area contributed by atoms with E-state index in [1.54, 1.807) is 18.4 Å². The van der Waals surface area contributed by atoms with Gasteiger partial charge in [-0.05, 0) is 42.3 Å². The molecule has 102 valence electrons. The van der Waals surface area contributed by atoms with E-state index in [-0.39, 0.29) is 0 Å². The molecule has 0 aliphatic carbocycles. The minimum Gasteiger partial charge on any atom is -0.496 e. The molecule has 2 aromatic rings. The minimum absolute atomic E-state index is 0.478. The molecule has 1 aromatic carbocycles. The van der Waals surface area contributed by atoms with E-state index in [0.717, 1.165) is 27.1 Å². The van der Waals surface area contributed by atoms with Crippen LogP contribution in [0, 0.1) is 0 Å². The number of methoxy groups -OCH3 is 1. The number of aliphatic hydroxyl groups excluding tert-OH is 1. The summed E-state index contributed by atoms with van der Waals surface area (Å²) in [5.74, 6) is 0.814. The lowest BCUT2D eigenvalue weighted by atomic mass is 10.1. The lowest BCUT2D eigenvalue weighted by Crippen LogP contribution is -2.01. The summed E-state index contributed by atoms with van der Waals surface area (Å²) in [4.78, 5) is 2.31. The maximum Gasteiger partial charge on any atom is 0.122 e. The second-order valence-electron chi connectivity index (χ2n) is 4.33. The van der Waals surface area contributed by atoms with Crippen molar-refractivity contribution in [1.82, 2.24) is 0 Å². The van der Waals surface area contributed by atoms with Crippen molar-refractivity contribution in [2.75, 3.05) is 7.11 Å². The van der Waals surface area contributed by atoms with Gasteiger partial charge in [0.1, 0.15) is 5.75 Å². The summed E-state index contributed by atoms with van der Waals surface area (Å²) in [5.41, 5.74) is 1.01. The number of aliphatic hydroxyl groups is 1. The van der Waals surface area contributed by atoms with Gasteiger partial charge < -0.3 is 9.84 Å². The summed E-state index contributed by atoms with van der Waals surface area (Å²) < 4.78 is 6.33. The predicted molar refractivity (Wildman–Crippen MR) is 83.1 cm³/mol. The fourth-order valence-electron chi connectivity index (χ4n) is 1.98. The van der Waals surface area contributed by atoms with Crippen LogP contribution in [0.1, 0.15) is 28.3 Å². The molecule has 4 heteroatoms. The van der Waals surface area contributed by atoms with Crippen molar-refractivity contribution in [3.05, 3.63) is 50.1 Å². The van der Waals surface area contributed by atoms with Crippen molar-refractivity contribution in [3.8, 4) is 5.75 Å². The average molecular weight is 341 g/mol. The number of benzene rings is 1.